The van der Waals surface area contributed by atoms with Gasteiger partial charge in [-0.3, -0.25) is 0 Å². The first-order chi connectivity index (χ1) is 6.84. The fourth-order valence-corrected chi connectivity index (χ4v) is 2.35. The third-order valence-corrected chi connectivity index (χ3v) is 3.35. The average molecular weight is 224 g/mol. The molecule has 0 fully saturated rings. The van der Waals surface area contributed by atoms with E-state index in [1.165, 1.54) is 11.3 Å². The quantitative estimate of drug-likeness (QED) is 0.805. The molecule has 0 atom stereocenters. The van der Waals surface area contributed by atoms with Crippen LogP contribution in [0.4, 0.5) is 5.13 Å². The second kappa shape index (κ2) is 4.39. The van der Waals surface area contributed by atoms with Gasteiger partial charge in [0.05, 0.1) is 10.8 Å². The number of nitrogen functional groups attached to an aromatic ring is 1. The zero-order valence-corrected chi connectivity index (χ0v) is 8.88. The van der Waals surface area contributed by atoms with Crippen LogP contribution in [0, 0.1) is 0 Å². The van der Waals surface area contributed by atoms with Gasteiger partial charge in [-0.1, -0.05) is 29.2 Å². The minimum absolute atomic E-state index is 0.515. The average Bonchev–Trinajstić information content (AvgIpc) is 2.63. The third-order valence-electron chi connectivity index (χ3n) is 1.46. The molecule has 0 aliphatic heterocycles. The number of anilines is 1. The molecule has 6 heteroatoms. The summed E-state index contributed by atoms with van der Waals surface area (Å²) in [6, 6.07) is 5.83. The fraction of sp³-hybridized carbons (Fsp3) is 0.125. The summed E-state index contributed by atoms with van der Waals surface area (Å²) < 4.78 is 0. The number of rotatable bonds is 3. The Labute approximate surface area is 89.6 Å². The van der Waals surface area contributed by atoms with Gasteiger partial charge in [0, 0.05) is 6.20 Å². The maximum absolute atomic E-state index is 5.47. The molecule has 4 nitrogen and oxygen atoms in total. The Morgan fingerprint density at radius 1 is 1.36 bits per heavy atom. The molecule has 2 N–H and O–H groups in total. The molecule has 0 aliphatic carbocycles. The fourth-order valence-electron chi connectivity index (χ4n) is 0.893. The van der Waals surface area contributed by atoms with Crippen molar-refractivity contribution in [3.63, 3.8) is 0 Å². The normalized spacial score (nSPS) is 10.3. The number of aromatic nitrogens is 3. The zero-order valence-electron chi connectivity index (χ0n) is 7.25. The van der Waals surface area contributed by atoms with Crippen molar-refractivity contribution in [2.24, 2.45) is 0 Å². The lowest BCUT2D eigenvalue weighted by atomic mass is 10.5. The highest BCUT2D eigenvalue weighted by molar-refractivity contribution is 7.98. The van der Waals surface area contributed by atoms with Crippen LogP contribution in [-0.2, 0) is 5.75 Å². The molecular weight excluding hydrogens is 216 g/mol. The SMILES string of the molecule is Nc1nnc(CSc2ccccn2)s1. The van der Waals surface area contributed by atoms with E-state index in [0.717, 1.165) is 15.8 Å². The largest absolute Gasteiger partial charge is 0.374 e. The van der Waals surface area contributed by atoms with Crippen LogP contribution < -0.4 is 5.73 Å². The summed E-state index contributed by atoms with van der Waals surface area (Å²) in [5, 5.41) is 10.1. The summed E-state index contributed by atoms with van der Waals surface area (Å²) in [5.74, 6) is 0.770. The molecule has 0 radical (unpaired) electrons. The summed E-state index contributed by atoms with van der Waals surface area (Å²) in [6.07, 6.45) is 1.77. The van der Waals surface area contributed by atoms with Gasteiger partial charge in [-0.25, -0.2) is 4.98 Å². The Morgan fingerprint density at radius 3 is 2.93 bits per heavy atom. The Bertz CT molecular complexity index is 401. The lowest BCUT2D eigenvalue weighted by molar-refractivity contribution is 1.04. The predicted octanol–water partition coefficient (Wildman–Crippen LogP) is 1.81. The van der Waals surface area contributed by atoms with E-state index < -0.39 is 0 Å². The number of nitrogens with two attached hydrogens (primary N) is 1. The summed E-state index contributed by atoms with van der Waals surface area (Å²) in [4.78, 5) is 4.19. The van der Waals surface area contributed by atoms with Crippen LogP contribution in [-0.4, -0.2) is 15.2 Å². The van der Waals surface area contributed by atoms with Crippen LogP contribution in [0.25, 0.3) is 0 Å². The monoisotopic (exact) mass is 224 g/mol. The first-order valence-corrected chi connectivity index (χ1v) is 5.76. The molecule has 2 heterocycles. The molecule has 0 saturated heterocycles. The summed E-state index contributed by atoms with van der Waals surface area (Å²) in [5.41, 5.74) is 5.47. The number of thioether (sulfide) groups is 1. The molecule has 0 amide bonds. The van der Waals surface area contributed by atoms with Gasteiger partial charge in [-0.05, 0) is 12.1 Å². The molecule has 0 saturated carbocycles. The molecule has 0 aliphatic rings. The maximum atomic E-state index is 5.47. The van der Waals surface area contributed by atoms with Crippen LogP contribution >= 0.6 is 23.1 Å². The van der Waals surface area contributed by atoms with Crippen molar-refractivity contribution >= 4 is 28.2 Å². The van der Waals surface area contributed by atoms with Crippen LogP contribution in [0.5, 0.6) is 0 Å². The van der Waals surface area contributed by atoms with E-state index in [1.807, 2.05) is 18.2 Å². The highest BCUT2D eigenvalue weighted by Crippen LogP contribution is 2.22. The standard InChI is InChI=1S/C8H8N4S2/c9-8-12-11-7(14-8)5-13-6-3-1-2-4-10-6/h1-4H,5H2,(H2,9,12). The first kappa shape index (κ1) is 9.42. The minimum Gasteiger partial charge on any atom is -0.374 e. The van der Waals surface area contributed by atoms with Crippen molar-refractivity contribution in [1.82, 2.24) is 15.2 Å². The van der Waals surface area contributed by atoms with Crippen molar-refractivity contribution in [2.45, 2.75) is 10.8 Å². The van der Waals surface area contributed by atoms with Crippen molar-refractivity contribution in [3.8, 4) is 0 Å². The molecule has 2 aromatic rings. The summed E-state index contributed by atoms with van der Waals surface area (Å²) >= 11 is 3.04. The second-order valence-electron chi connectivity index (χ2n) is 2.49. The highest BCUT2D eigenvalue weighted by atomic mass is 32.2. The van der Waals surface area contributed by atoms with Crippen molar-refractivity contribution in [3.05, 3.63) is 29.4 Å². The minimum atomic E-state index is 0.515. The van der Waals surface area contributed by atoms with E-state index in [4.69, 9.17) is 5.73 Å². The molecule has 0 bridgehead atoms. The van der Waals surface area contributed by atoms with E-state index in [-0.39, 0.29) is 0 Å². The number of hydrogen-bond donors (Lipinski definition) is 1. The molecule has 2 rings (SSSR count). The van der Waals surface area contributed by atoms with Gasteiger partial charge in [0.25, 0.3) is 0 Å². The van der Waals surface area contributed by atoms with E-state index in [2.05, 4.69) is 15.2 Å². The number of nitrogens with zero attached hydrogens (tertiary/aromatic N) is 3. The van der Waals surface area contributed by atoms with Crippen LogP contribution in [0.3, 0.4) is 0 Å². The molecule has 14 heavy (non-hydrogen) atoms. The van der Waals surface area contributed by atoms with Gasteiger partial charge in [0.1, 0.15) is 5.01 Å². The lowest BCUT2D eigenvalue weighted by Crippen LogP contribution is -1.82. The molecule has 0 aromatic carbocycles. The van der Waals surface area contributed by atoms with E-state index in [1.54, 1.807) is 18.0 Å². The zero-order chi connectivity index (χ0) is 9.80. The van der Waals surface area contributed by atoms with Gasteiger partial charge in [-0.15, -0.1) is 10.2 Å². The predicted molar refractivity (Wildman–Crippen MR) is 58.1 cm³/mol. The molecule has 0 spiro atoms. The molecule has 0 unspecified atom stereocenters. The Hall–Kier alpha value is -1.14. The smallest absolute Gasteiger partial charge is 0.203 e. The summed E-state index contributed by atoms with van der Waals surface area (Å²) in [7, 11) is 0. The molecule has 72 valence electrons. The van der Waals surface area contributed by atoms with Crippen LogP contribution in [0.2, 0.25) is 0 Å². The molecular formula is C8H8N4S2. The highest BCUT2D eigenvalue weighted by Gasteiger charge is 2.01. The van der Waals surface area contributed by atoms with Crippen molar-refractivity contribution < 1.29 is 0 Å². The Kier molecular flexibility index (Phi) is 2.95. The number of hydrogen-bond acceptors (Lipinski definition) is 6. The van der Waals surface area contributed by atoms with Gasteiger partial charge < -0.3 is 5.73 Å². The Balaban J connectivity index is 1.95. The first-order valence-electron chi connectivity index (χ1n) is 3.96. The lowest BCUT2D eigenvalue weighted by Gasteiger charge is -1.95. The molecule has 2 aromatic heterocycles. The van der Waals surface area contributed by atoms with Crippen LogP contribution in [0.1, 0.15) is 5.01 Å². The van der Waals surface area contributed by atoms with Gasteiger partial charge in [-0.2, -0.15) is 0 Å². The topological polar surface area (TPSA) is 64.7 Å². The van der Waals surface area contributed by atoms with Crippen LogP contribution in [0.15, 0.2) is 29.4 Å². The van der Waals surface area contributed by atoms with Gasteiger partial charge >= 0.3 is 0 Å². The van der Waals surface area contributed by atoms with Gasteiger partial charge in [0.2, 0.25) is 5.13 Å². The third kappa shape index (κ3) is 2.43. The van der Waals surface area contributed by atoms with Crippen molar-refractivity contribution in [2.75, 3.05) is 5.73 Å². The van der Waals surface area contributed by atoms with Gasteiger partial charge in [0.15, 0.2) is 0 Å². The second-order valence-corrected chi connectivity index (χ2v) is 4.58. The summed E-state index contributed by atoms with van der Waals surface area (Å²) in [6.45, 7) is 0. The Morgan fingerprint density at radius 2 is 2.29 bits per heavy atom. The van der Waals surface area contributed by atoms with E-state index in [9.17, 15) is 0 Å². The maximum Gasteiger partial charge on any atom is 0.203 e. The number of pyridine rings is 1. The van der Waals surface area contributed by atoms with Crippen molar-refractivity contribution in [1.29, 1.82) is 0 Å². The van der Waals surface area contributed by atoms with E-state index >= 15 is 0 Å². The van der Waals surface area contributed by atoms with E-state index in [0.29, 0.717) is 5.13 Å².